The number of anilines is 1. The van der Waals surface area contributed by atoms with Gasteiger partial charge in [-0.05, 0) is 23.8 Å². The van der Waals surface area contributed by atoms with Crippen LogP contribution < -0.4 is 5.32 Å². The van der Waals surface area contributed by atoms with Crippen molar-refractivity contribution in [3.63, 3.8) is 0 Å². The molecule has 2 amide bonds. The number of hydrogen-bond acceptors (Lipinski definition) is 3. The number of benzene rings is 2. The van der Waals surface area contributed by atoms with Crippen molar-refractivity contribution in [3.8, 4) is 0 Å². The molecule has 1 aliphatic heterocycles. The van der Waals surface area contributed by atoms with E-state index in [0.29, 0.717) is 17.3 Å². The normalized spacial score (nSPS) is 16.2. The van der Waals surface area contributed by atoms with Crippen LogP contribution in [0, 0.1) is 0 Å². The van der Waals surface area contributed by atoms with E-state index < -0.39 is 5.25 Å². The zero-order chi connectivity index (χ0) is 17.1. The fourth-order valence-corrected chi connectivity index (χ4v) is 3.77. The summed E-state index contributed by atoms with van der Waals surface area (Å²) in [6, 6.07) is 15.2. The van der Waals surface area contributed by atoms with E-state index in [-0.39, 0.29) is 18.2 Å². The fourth-order valence-electron chi connectivity index (χ4n) is 2.52. The molecule has 0 spiro atoms. The number of fused-ring (bicyclic) bond motifs is 1. The predicted molar refractivity (Wildman–Crippen MR) is 97.3 cm³/mol. The topological polar surface area (TPSA) is 49.4 Å². The number of hydrogen-bond donors (Lipinski definition) is 1. The Kier molecular flexibility index (Phi) is 5.11. The molecular formula is C18H17ClN2O2S. The molecule has 2 aromatic rings. The van der Waals surface area contributed by atoms with E-state index in [1.165, 1.54) is 11.8 Å². The zero-order valence-corrected chi connectivity index (χ0v) is 14.7. The van der Waals surface area contributed by atoms with Gasteiger partial charge in [0.15, 0.2) is 0 Å². The summed E-state index contributed by atoms with van der Waals surface area (Å²) in [6.07, 6.45) is 0.169. The van der Waals surface area contributed by atoms with Crippen LogP contribution >= 0.6 is 23.4 Å². The number of nitrogens with one attached hydrogen (secondary N) is 1. The molecule has 0 bridgehead atoms. The highest BCUT2D eigenvalue weighted by molar-refractivity contribution is 8.01. The summed E-state index contributed by atoms with van der Waals surface area (Å²) in [4.78, 5) is 27.3. The standard InChI is InChI=1S/C18H17ClN2O2S/c1-21(11-12-5-3-2-4-6-12)17(22)10-16-18(23)20-14-9-13(19)7-8-15(14)24-16/h2-9,16H,10-11H2,1H3,(H,20,23). The van der Waals surface area contributed by atoms with Gasteiger partial charge in [-0.2, -0.15) is 0 Å². The highest BCUT2D eigenvalue weighted by Gasteiger charge is 2.30. The van der Waals surface area contributed by atoms with Crippen molar-refractivity contribution >= 4 is 40.9 Å². The molecule has 1 N–H and O–H groups in total. The number of carbonyl (C=O) groups excluding carboxylic acids is 2. The second-order valence-corrected chi connectivity index (χ2v) is 7.36. The number of carbonyl (C=O) groups is 2. The van der Waals surface area contributed by atoms with Gasteiger partial charge in [-0.25, -0.2) is 0 Å². The van der Waals surface area contributed by atoms with E-state index in [0.717, 1.165) is 10.5 Å². The average molecular weight is 361 g/mol. The molecule has 6 heteroatoms. The molecule has 3 rings (SSSR count). The largest absolute Gasteiger partial charge is 0.341 e. The van der Waals surface area contributed by atoms with E-state index in [4.69, 9.17) is 11.6 Å². The first-order chi connectivity index (χ1) is 11.5. The van der Waals surface area contributed by atoms with E-state index in [9.17, 15) is 9.59 Å². The van der Waals surface area contributed by atoms with Gasteiger partial charge in [-0.15, -0.1) is 11.8 Å². The third-order valence-electron chi connectivity index (χ3n) is 3.81. The molecule has 0 saturated carbocycles. The maximum absolute atomic E-state index is 12.4. The van der Waals surface area contributed by atoms with Crippen LogP contribution in [0.2, 0.25) is 5.02 Å². The van der Waals surface area contributed by atoms with Crippen molar-refractivity contribution in [1.82, 2.24) is 4.90 Å². The van der Waals surface area contributed by atoms with Gasteiger partial charge < -0.3 is 10.2 Å². The number of thioether (sulfide) groups is 1. The van der Waals surface area contributed by atoms with Gasteiger partial charge in [-0.1, -0.05) is 41.9 Å². The molecule has 1 unspecified atom stereocenters. The lowest BCUT2D eigenvalue weighted by atomic mass is 10.2. The van der Waals surface area contributed by atoms with Crippen LogP contribution in [-0.2, 0) is 16.1 Å². The number of halogens is 1. The highest BCUT2D eigenvalue weighted by atomic mass is 35.5. The Hall–Kier alpha value is -1.98. The summed E-state index contributed by atoms with van der Waals surface area (Å²) in [7, 11) is 1.76. The smallest absolute Gasteiger partial charge is 0.238 e. The SMILES string of the molecule is CN(Cc1ccccc1)C(=O)CC1Sc2ccc(Cl)cc2NC1=O. The quantitative estimate of drug-likeness (QED) is 0.902. The van der Waals surface area contributed by atoms with Crippen molar-refractivity contribution in [1.29, 1.82) is 0 Å². The van der Waals surface area contributed by atoms with Crippen molar-refractivity contribution in [3.05, 3.63) is 59.1 Å². The Labute approximate surface area is 150 Å². The summed E-state index contributed by atoms with van der Waals surface area (Å²) in [5, 5.41) is 2.98. The molecule has 0 radical (unpaired) electrons. The predicted octanol–water partition coefficient (Wildman–Crippen LogP) is 3.80. The molecule has 1 aliphatic rings. The lowest BCUT2D eigenvalue weighted by Gasteiger charge is -2.25. The third-order valence-corrected chi connectivity index (χ3v) is 5.32. The highest BCUT2D eigenvalue weighted by Crippen LogP contribution is 2.38. The molecule has 24 heavy (non-hydrogen) atoms. The Morgan fingerprint density at radius 3 is 2.75 bits per heavy atom. The Morgan fingerprint density at radius 2 is 2.00 bits per heavy atom. The van der Waals surface area contributed by atoms with Crippen LogP contribution in [-0.4, -0.2) is 29.0 Å². The van der Waals surface area contributed by atoms with E-state index >= 15 is 0 Å². The minimum Gasteiger partial charge on any atom is -0.341 e. The van der Waals surface area contributed by atoms with Crippen LogP contribution in [0.3, 0.4) is 0 Å². The van der Waals surface area contributed by atoms with E-state index in [1.54, 1.807) is 24.1 Å². The molecule has 0 saturated heterocycles. The second-order valence-electron chi connectivity index (χ2n) is 5.68. The van der Waals surface area contributed by atoms with Crippen LogP contribution in [0.5, 0.6) is 0 Å². The summed E-state index contributed by atoms with van der Waals surface area (Å²) in [6.45, 7) is 0.533. The van der Waals surface area contributed by atoms with Gasteiger partial charge in [0.05, 0.1) is 10.9 Å². The Morgan fingerprint density at radius 1 is 1.25 bits per heavy atom. The van der Waals surface area contributed by atoms with Crippen molar-refractivity contribution in [2.45, 2.75) is 23.1 Å². The average Bonchev–Trinajstić information content (AvgIpc) is 2.56. The van der Waals surface area contributed by atoms with Gasteiger partial charge in [0, 0.05) is 29.9 Å². The Bertz CT molecular complexity index is 767. The van der Waals surface area contributed by atoms with Crippen molar-refractivity contribution in [2.24, 2.45) is 0 Å². The van der Waals surface area contributed by atoms with Crippen LogP contribution in [0.25, 0.3) is 0 Å². The first kappa shape index (κ1) is 16.9. The first-order valence-corrected chi connectivity index (χ1v) is 8.83. The molecule has 124 valence electrons. The fraction of sp³-hybridized carbons (Fsp3) is 0.222. The minimum absolute atomic E-state index is 0.0519. The molecule has 4 nitrogen and oxygen atoms in total. The van der Waals surface area contributed by atoms with E-state index in [2.05, 4.69) is 5.32 Å². The maximum atomic E-state index is 12.4. The number of nitrogens with zero attached hydrogens (tertiary/aromatic N) is 1. The van der Waals surface area contributed by atoms with Gasteiger partial charge in [0.2, 0.25) is 11.8 Å². The summed E-state index contributed by atoms with van der Waals surface area (Å²) < 4.78 is 0. The molecular weight excluding hydrogens is 344 g/mol. The van der Waals surface area contributed by atoms with E-state index in [1.807, 2.05) is 36.4 Å². The van der Waals surface area contributed by atoms with Crippen molar-refractivity contribution in [2.75, 3.05) is 12.4 Å². The van der Waals surface area contributed by atoms with Gasteiger partial charge in [0.25, 0.3) is 0 Å². The van der Waals surface area contributed by atoms with Gasteiger partial charge in [-0.3, -0.25) is 9.59 Å². The van der Waals surface area contributed by atoms with Gasteiger partial charge in [0.1, 0.15) is 0 Å². The molecule has 0 aromatic heterocycles. The summed E-state index contributed by atoms with van der Waals surface area (Å²) in [5.74, 6) is -0.208. The minimum atomic E-state index is -0.426. The zero-order valence-electron chi connectivity index (χ0n) is 13.2. The molecule has 0 aliphatic carbocycles. The van der Waals surface area contributed by atoms with Gasteiger partial charge >= 0.3 is 0 Å². The summed E-state index contributed by atoms with van der Waals surface area (Å²) >= 11 is 7.35. The Balaban J connectivity index is 1.64. The van der Waals surface area contributed by atoms with Crippen LogP contribution in [0.1, 0.15) is 12.0 Å². The van der Waals surface area contributed by atoms with Crippen molar-refractivity contribution < 1.29 is 9.59 Å². The molecule has 0 fully saturated rings. The lowest BCUT2D eigenvalue weighted by molar-refractivity contribution is -0.131. The maximum Gasteiger partial charge on any atom is 0.238 e. The number of amides is 2. The molecule has 1 heterocycles. The van der Waals surface area contributed by atoms with Crippen LogP contribution in [0.15, 0.2) is 53.4 Å². The summed E-state index contributed by atoms with van der Waals surface area (Å²) in [5.41, 5.74) is 1.77. The van der Waals surface area contributed by atoms with Crippen LogP contribution in [0.4, 0.5) is 5.69 Å². The molecule has 1 atom stereocenters. The number of rotatable bonds is 4. The first-order valence-electron chi connectivity index (χ1n) is 7.58. The third kappa shape index (κ3) is 3.91. The molecule has 2 aromatic carbocycles. The monoisotopic (exact) mass is 360 g/mol. The lowest BCUT2D eigenvalue weighted by Crippen LogP contribution is -2.35. The second kappa shape index (κ2) is 7.28.